The molecule has 0 aromatic carbocycles. The van der Waals surface area contributed by atoms with Crippen LogP contribution in [-0.4, -0.2) is 114 Å². The Morgan fingerprint density at radius 1 is 1.39 bits per heavy atom. The largest absolute Gasteiger partial charge is 0.394 e. The maximum absolute atomic E-state index is 12.2. The monoisotopic (exact) mass is 425 g/mol. The molecular weight excluding hydrogens is 394 g/mol. The summed E-state index contributed by atoms with van der Waals surface area (Å²) in [5.41, 5.74) is -1.38. The van der Waals surface area contributed by atoms with E-state index in [-0.39, 0.29) is 12.2 Å². The number of carbonyl (C=O) groups is 2. The molecule has 0 aromatic rings. The summed E-state index contributed by atoms with van der Waals surface area (Å²) in [7, 11) is 1.58. The quantitative estimate of drug-likeness (QED) is 0.161. The van der Waals surface area contributed by atoms with E-state index in [0.717, 1.165) is 0 Å². The summed E-state index contributed by atoms with van der Waals surface area (Å²) in [6.45, 7) is 2.11. The lowest BCUT2D eigenvalue weighted by atomic mass is 9.85. The molecule has 1 rings (SSSR count). The minimum atomic E-state index is -1.61. The number of rotatable bonds is 13. The maximum atomic E-state index is 12.2. The number of amides is 1. The average Bonchev–Trinajstić information content (AvgIpc) is 2.68. The normalized spacial score (nSPS) is 29.9. The van der Waals surface area contributed by atoms with Gasteiger partial charge in [-0.1, -0.05) is 0 Å². The SMILES string of the molecule is COCCOCCSCC(=O)N[C@H]1C([C@H](O)[C@H](O)CO)O[C@](C)(C=O)C[C@H]1O. The molecule has 1 amide bonds. The Morgan fingerprint density at radius 2 is 2.11 bits per heavy atom. The maximum Gasteiger partial charge on any atom is 0.230 e. The summed E-state index contributed by atoms with van der Waals surface area (Å²) in [5, 5.41) is 42.0. The van der Waals surface area contributed by atoms with E-state index < -0.39 is 48.6 Å². The van der Waals surface area contributed by atoms with Gasteiger partial charge in [0.05, 0.1) is 44.3 Å². The molecule has 6 atom stereocenters. The first kappa shape index (κ1) is 25.2. The van der Waals surface area contributed by atoms with Crippen molar-refractivity contribution in [1.29, 1.82) is 0 Å². The van der Waals surface area contributed by atoms with Gasteiger partial charge in [0, 0.05) is 19.3 Å². The van der Waals surface area contributed by atoms with E-state index in [1.54, 1.807) is 7.11 Å². The van der Waals surface area contributed by atoms with E-state index in [9.17, 15) is 24.9 Å². The van der Waals surface area contributed by atoms with E-state index >= 15 is 0 Å². The van der Waals surface area contributed by atoms with E-state index in [0.29, 0.717) is 31.9 Å². The molecule has 28 heavy (non-hydrogen) atoms. The molecule has 1 unspecified atom stereocenters. The lowest BCUT2D eigenvalue weighted by Gasteiger charge is -2.45. The van der Waals surface area contributed by atoms with Crippen LogP contribution in [0.3, 0.4) is 0 Å². The molecule has 1 aliphatic heterocycles. The summed E-state index contributed by atoms with van der Waals surface area (Å²) in [4.78, 5) is 23.5. The van der Waals surface area contributed by atoms with E-state index in [1.807, 2.05) is 0 Å². The number of nitrogens with one attached hydrogen (secondary N) is 1. The van der Waals surface area contributed by atoms with Crippen LogP contribution in [0.15, 0.2) is 0 Å². The van der Waals surface area contributed by atoms with Gasteiger partial charge in [0.15, 0.2) is 6.29 Å². The Bertz CT molecular complexity index is 484. The summed E-state index contributed by atoms with van der Waals surface area (Å²) in [6, 6.07) is -1.05. The van der Waals surface area contributed by atoms with Crippen LogP contribution in [0, 0.1) is 0 Å². The van der Waals surface area contributed by atoms with Crippen LogP contribution in [-0.2, 0) is 23.8 Å². The minimum absolute atomic E-state index is 0.0830. The lowest BCUT2D eigenvalue weighted by molar-refractivity contribution is -0.208. The number of ether oxygens (including phenoxy) is 3. The van der Waals surface area contributed by atoms with Crippen molar-refractivity contribution in [3.8, 4) is 0 Å². The highest BCUT2D eigenvalue weighted by molar-refractivity contribution is 7.99. The third kappa shape index (κ3) is 7.91. The molecule has 5 N–H and O–H groups in total. The summed E-state index contributed by atoms with van der Waals surface area (Å²) >= 11 is 1.33. The summed E-state index contributed by atoms with van der Waals surface area (Å²) < 4.78 is 15.7. The van der Waals surface area contributed by atoms with Crippen LogP contribution in [0.1, 0.15) is 13.3 Å². The first-order valence-corrected chi connectivity index (χ1v) is 10.2. The van der Waals surface area contributed by atoms with Crippen LogP contribution in [0.5, 0.6) is 0 Å². The van der Waals surface area contributed by atoms with Gasteiger partial charge < -0.3 is 44.7 Å². The van der Waals surface area contributed by atoms with Gasteiger partial charge in [-0.25, -0.2) is 0 Å². The van der Waals surface area contributed by atoms with Crippen LogP contribution in [0.25, 0.3) is 0 Å². The highest BCUT2D eigenvalue weighted by Gasteiger charge is 2.48. The molecular formula is C17H31NO9S. The zero-order valence-corrected chi connectivity index (χ0v) is 17.0. The Labute approximate surface area is 168 Å². The van der Waals surface area contributed by atoms with E-state index in [2.05, 4.69) is 5.32 Å². The van der Waals surface area contributed by atoms with Gasteiger partial charge in [-0.15, -0.1) is 11.8 Å². The van der Waals surface area contributed by atoms with Crippen molar-refractivity contribution in [2.45, 2.75) is 49.4 Å². The molecule has 0 aromatic heterocycles. The molecule has 164 valence electrons. The Kier molecular flexibility index (Phi) is 11.5. The first-order valence-electron chi connectivity index (χ1n) is 9.01. The third-order valence-electron chi connectivity index (χ3n) is 4.32. The number of methoxy groups -OCH3 is 1. The number of carbonyl (C=O) groups excluding carboxylic acids is 2. The number of aldehydes is 1. The number of hydrogen-bond donors (Lipinski definition) is 5. The van der Waals surface area contributed by atoms with Crippen LogP contribution >= 0.6 is 11.8 Å². The van der Waals surface area contributed by atoms with E-state index in [4.69, 9.17) is 19.3 Å². The third-order valence-corrected chi connectivity index (χ3v) is 5.24. The molecule has 10 nitrogen and oxygen atoms in total. The zero-order valence-electron chi connectivity index (χ0n) is 16.2. The van der Waals surface area contributed by atoms with Gasteiger partial charge in [0.25, 0.3) is 0 Å². The van der Waals surface area contributed by atoms with Gasteiger partial charge in [-0.05, 0) is 6.92 Å². The Balaban J connectivity index is 2.61. The van der Waals surface area contributed by atoms with Crippen molar-refractivity contribution in [2.75, 3.05) is 45.0 Å². The second-order valence-electron chi connectivity index (χ2n) is 6.78. The lowest BCUT2D eigenvalue weighted by Crippen LogP contribution is -2.65. The number of aliphatic hydroxyl groups is 4. The standard InChI is InChI=1S/C17H31NO9S/c1-17(10-20)7-11(21)14(16(27-17)15(24)12(22)8-19)18-13(23)9-28-6-5-26-4-3-25-2/h10-12,14-16,19,21-22,24H,3-9H2,1-2H3,(H,18,23)/t11-,12-,14-,15-,16?,17+/m1/s1. The van der Waals surface area contributed by atoms with Crippen molar-refractivity contribution < 1.29 is 44.2 Å². The highest BCUT2D eigenvalue weighted by Crippen LogP contribution is 2.30. The smallest absolute Gasteiger partial charge is 0.230 e. The van der Waals surface area contributed by atoms with Gasteiger partial charge in [0.1, 0.15) is 23.9 Å². The second-order valence-corrected chi connectivity index (χ2v) is 7.88. The van der Waals surface area contributed by atoms with Gasteiger partial charge >= 0.3 is 0 Å². The van der Waals surface area contributed by atoms with Crippen molar-refractivity contribution >= 4 is 24.0 Å². The molecule has 0 aliphatic carbocycles. The number of aliphatic hydroxyl groups excluding tert-OH is 4. The van der Waals surface area contributed by atoms with E-state index in [1.165, 1.54) is 18.7 Å². The first-order chi connectivity index (χ1) is 13.3. The molecule has 0 spiro atoms. The average molecular weight is 426 g/mol. The fraction of sp³-hybridized carbons (Fsp3) is 0.882. The fourth-order valence-corrected chi connectivity index (χ4v) is 3.46. The van der Waals surface area contributed by atoms with Gasteiger partial charge in [0.2, 0.25) is 5.91 Å². The second kappa shape index (κ2) is 12.7. The van der Waals surface area contributed by atoms with Crippen molar-refractivity contribution in [2.24, 2.45) is 0 Å². The fourth-order valence-electron chi connectivity index (χ4n) is 2.81. The summed E-state index contributed by atoms with van der Waals surface area (Å²) in [6.07, 6.45) is -5.19. The molecule has 1 saturated heterocycles. The number of hydrogen-bond acceptors (Lipinski definition) is 10. The molecule has 1 heterocycles. The molecule has 1 aliphatic rings. The van der Waals surface area contributed by atoms with Gasteiger partial charge in [-0.2, -0.15) is 0 Å². The molecule has 0 bridgehead atoms. The van der Waals surface area contributed by atoms with Crippen molar-refractivity contribution in [1.82, 2.24) is 5.32 Å². The zero-order chi connectivity index (χ0) is 21.2. The molecule has 1 fully saturated rings. The van der Waals surface area contributed by atoms with Crippen LogP contribution < -0.4 is 5.32 Å². The van der Waals surface area contributed by atoms with Crippen molar-refractivity contribution in [3.63, 3.8) is 0 Å². The Morgan fingerprint density at radius 3 is 2.71 bits per heavy atom. The topological polar surface area (TPSA) is 155 Å². The molecule has 0 saturated carbocycles. The van der Waals surface area contributed by atoms with Gasteiger partial charge in [-0.3, -0.25) is 4.79 Å². The Hall–Kier alpha value is -0.790. The predicted octanol–water partition coefficient (Wildman–Crippen LogP) is -2.31. The van der Waals surface area contributed by atoms with Crippen LogP contribution in [0.2, 0.25) is 0 Å². The number of thioether (sulfide) groups is 1. The minimum Gasteiger partial charge on any atom is -0.394 e. The molecule has 11 heteroatoms. The van der Waals surface area contributed by atoms with Crippen LogP contribution in [0.4, 0.5) is 0 Å². The highest BCUT2D eigenvalue weighted by atomic mass is 32.2. The van der Waals surface area contributed by atoms with Crippen molar-refractivity contribution in [3.05, 3.63) is 0 Å². The predicted molar refractivity (Wildman–Crippen MR) is 101 cm³/mol. The summed E-state index contributed by atoms with van der Waals surface area (Å²) in [5.74, 6) is 0.270. The molecule has 0 radical (unpaired) electrons.